The summed E-state index contributed by atoms with van der Waals surface area (Å²) in [7, 11) is 0. The minimum Gasteiger partial charge on any atom is -0.455 e. The first kappa shape index (κ1) is 44.3. The highest BCUT2D eigenvalue weighted by molar-refractivity contribution is 6.16. The molecule has 5 heterocycles. The average Bonchev–Trinajstić information content (AvgIpc) is 4.39. The van der Waals surface area contributed by atoms with Gasteiger partial charge in [-0.2, -0.15) is 0 Å². The lowest BCUT2D eigenvalue weighted by molar-refractivity contribution is 0.670. The first-order chi connectivity index (χ1) is 39.7. The summed E-state index contributed by atoms with van der Waals surface area (Å²) in [6.45, 7) is 0. The van der Waals surface area contributed by atoms with Crippen LogP contribution in [0.5, 0.6) is 0 Å². The SMILES string of the molecule is c1ccc(-n2c3ccccc3c3ccc(-c4nc(-c5ccc(-n6c7ccccc7c7cc8ccccc8cc76)c(-c6cccc7c6oc6ccccc67)c5)nc(-c5ccc6c7ccccc7n(-c7ccccc7)c6c5)n4)cc32)cc1. The van der Waals surface area contributed by atoms with Gasteiger partial charge < -0.3 is 18.1 Å². The second-order valence-corrected chi connectivity index (χ2v) is 20.7. The quantitative estimate of drug-likeness (QED) is 0.160. The Kier molecular flexibility index (Phi) is 9.58. The van der Waals surface area contributed by atoms with Crippen molar-refractivity contribution in [3.63, 3.8) is 0 Å². The maximum Gasteiger partial charge on any atom is 0.164 e. The van der Waals surface area contributed by atoms with Crippen LogP contribution in [0.1, 0.15) is 0 Å². The van der Waals surface area contributed by atoms with Gasteiger partial charge in [-0.05, 0) is 102 Å². The lowest BCUT2D eigenvalue weighted by atomic mass is 9.97. The van der Waals surface area contributed by atoms with Crippen LogP contribution in [0.25, 0.3) is 160 Å². The molecule has 0 fully saturated rings. The molecule has 0 radical (unpaired) electrons. The molecule has 0 aliphatic heterocycles. The Balaban J connectivity index is 0.942. The second kappa shape index (κ2) is 17.3. The summed E-state index contributed by atoms with van der Waals surface area (Å²) < 4.78 is 14.0. The summed E-state index contributed by atoms with van der Waals surface area (Å²) in [6, 6.07) is 95.1. The molecule has 0 amide bonds. The van der Waals surface area contributed by atoms with E-state index < -0.39 is 0 Å². The Hall–Kier alpha value is -10.9. The van der Waals surface area contributed by atoms with Crippen molar-refractivity contribution in [1.29, 1.82) is 0 Å². The topological polar surface area (TPSA) is 66.6 Å². The van der Waals surface area contributed by atoms with Crippen LogP contribution in [0.15, 0.2) is 271 Å². The first-order valence-electron chi connectivity index (χ1n) is 27.1. The van der Waals surface area contributed by atoms with E-state index in [2.05, 4.69) is 275 Å². The Labute approximate surface area is 458 Å². The molecule has 0 unspecified atom stereocenters. The van der Waals surface area contributed by atoms with Crippen molar-refractivity contribution in [3.8, 4) is 62.4 Å². The maximum absolute atomic E-state index is 6.88. The van der Waals surface area contributed by atoms with Gasteiger partial charge in [0.15, 0.2) is 17.5 Å². The molecule has 0 bridgehead atoms. The van der Waals surface area contributed by atoms with Gasteiger partial charge in [0.2, 0.25) is 0 Å². The molecule has 7 nitrogen and oxygen atoms in total. The molecule has 5 aromatic heterocycles. The first-order valence-corrected chi connectivity index (χ1v) is 27.1. The average molecular weight is 1020 g/mol. The largest absolute Gasteiger partial charge is 0.455 e. The van der Waals surface area contributed by atoms with Crippen molar-refractivity contribution < 1.29 is 4.42 Å². The zero-order valence-electron chi connectivity index (χ0n) is 43.0. The van der Waals surface area contributed by atoms with Crippen LogP contribution in [-0.2, 0) is 0 Å². The van der Waals surface area contributed by atoms with Crippen LogP contribution >= 0.6 is 0 Å². The number of hydrogen-bond donors (Lipinski definition) is 0. The fourth-order valence-electron chi connectivity index (χ4n) is 12.7. The summed E-state index contributed by atoms with van der Waals surface area (Å²) in [5, 5.41) is 11.5. The Bertz CT molecular complexity index is 5200. The Morgan fingerprint density at radius 3 is 1.30 bits per heavy atom. The minimum absolute atomic E-state index is 0.551. The Morgan fingerprint density at radius 2 is 0.700 bits per heavy atom. The molecule has 80 heavy (non-hydrogen) atoms. The number of nitrogens with zero attached hydrogens (tertiary/aromatic N) is 6. The lowest BCUT2D eigenvalue weighted by Crippen LogP contribution is -2.02. The Morgan fingerprint density at radius 1 is 0.263 bits per heavy atom. The fraction of sp³-hybridized carbons (Fsp3) is 0. The summed E-state index contributed by atoms with van der Waals surface area (Å²) in [6.07, 6.45) is 0. The molecule has 0 saturated carbocycles. The lowest BCUT2D eigenvalue weighted by Gasteiger charge is -2.17. The molecule has 0 aliphatic rings. The van der Waals surface area contributed by atoms with Gasteiger partial charge in [0.1, 0.15) is 11.2 Å². The number of rotatable bonds is 7. The molecular weight excluding hydrogens is 977 g/mol. The highest BCUT2D eigenvalue weighted by atomic mass is 16.3. The number of aromatic nitrogens is 6. The van der Waals surface area contributed by atoms with Crippen molar-refractivity contribution >= 4 is 98.1 Å². The molecule has 0 N–H and O–H groups in total. The highest BCUT2D eigenvalue weighted by Crippen LogP contribution is 2.44. The van der Waals surface area contributed by atoms with Gasteiger partial charge in [0.05, 0.1) is 38.8 Å². The molecule has 0 atom stereocenters. The molecule has 372 valence electrons. The van der Waals surface area contributed by atoms with E-state index in [0.717, 1.165) is 111 Å². The van der Waals surface area contributed by atoms with Gasteiger partial charge in [-0.15, -0.1) is 0 Å². The van der Waals surface area contributed by atoms with Crippen LogP contribution in [0.2, 0.25) is 0 Å². The number of furan rings is 1. The molecule has 17 aromatic rings. The van der Waals surface area contributed by atoms with E-state index >= 15 is 0 Å². The zero-order valence-corrected chi connectivity index (χ0v) is 43.0. The standard InChI is InChI=1S/C73H44N6O/c1-3-20-50(21-4-1)77-62-30-13-9-24-52(62)55-37-34-48(43-66(55)77)72-74-71(75-73(76-72)49-35-38-56-53-25-10-14-31-63(53)78(67(56)44-49)51-22-5-2-6-23-51)47-36-39-65(61(41-47)59-29-17-28-58-57-27-12-16-33-69(57)80-70(58)59)79-64-32-15-11-26-54(64)60-40-45-18-7-8-19-46(45)42-68(60)79/h1-44H. The number of fused-ring (bicyclic) bond motifs is 13. The van der Waals surface area contributed by atoms with Gasteiger partial charge in [-0.25, -0.2) is 15.0 Å². The molecule has 0 spiro atoms. The molecular formula is C73H44N6O. The summed E-state index contributed by atoms with van der Waals surface area (Å²) in [5.74, 6) is 1.69. The van der Waals surface area contributed by atoms with Gasteiger partial charge in [0, 0.05) is 82.3 Å². The summed E-state index contributed by atoms with van der Waals surface area (Å²) in [4.78, 5) is 16.5. The van der Waals surface area contributed by atoms with Crippen molar-refractivity contribution in [2.24, 2.45) is 0 Å². The van der Waals surface area contributed by atoms with Crippen LogP contribution in [-0.4, -0.2) is 28.7 Å². The van der Waals surface area contributed by atoms with Gasteiger partial charge in [0.25, 0.3) is 0 Å². The van der Waals surface area contributed by atoms with Crippen molar-refractivity contribution in [2.75, 3.05) is 0 Å². The van der Waals surface area contributed by atoms with Crippen molar-refractivity contribution in [2.45, 2.75) is 0 Å². The van der Waals surface area contributed by atoms with E-state index in [1.807, 2.05) is 6.07 Å². The number of benzene rings is 12. The maximum atomic E-state index is 6.88. The van der Waals surface area contributed by atoms with Crippen LogP contribution < -0.4 is 0 Å². The predicted molar refractivity (Wildman–Crippen MR) is 329 cm³/mol. The van der Waals surface area contributed by atoms with Gasteiger partial charge in [-0.1, -0.05) is 176 Å². The fourth-order valence-corrected chi connectivity index (χ4v) is 12.7. The molecule has 0 saturated heterocycles. The number of para-hydroxylation sites is 7. The number of hydrogen-bond acceptors (Lipinski definition) is 4. The van der Waals surface area contributed by atoms with E-state index in [4.69, 9.17) is 19.4 Å². The van der Waals surface area contributed by atoms with Gasteiger partial charge >= 0.3 is 0 Å². The third-order valence-electron chi connectivity index (χ3n) is 16.3. The normalized spacial score (nSPS) is 12.0. The molecule has 0 aliphatic carbocycles. The third kappa shape index (κ3) is 6.71. The molecule has 17 rings (SSSR count). The monoisotopic (exact) mass is 1020 g/mol. The van der Waals surface area contributed by atoms with E-state index in [9.17, 15) is 0 Å². The molecule has 7 heteroatoms. The highest BCUT2D eigenvalue weighted by Gasteiger charge is 2.24. The predicted octanol–water partition coefficient (Wildman–Crippen LogP) is 18.9. The second-order valence-electron chi connectivity index (χ2n) is 20.7. The van der Waals surface area contributed by atoms with Crippen molar-refractivity contribution in [1.82, 2.24) is 28.7 Å². The van der Waals surface area contributed by atoms with E-state index in [1.165, 1.54) is 32.3 Å². The van der Waals surface area contributed by atoms with E-state index in [0.29, 0.717) is 17.5 Å². The van der Waals surface area contributed by atoms with Gasteiger partial charge in [-0.3, -0.25) is 0 Å². The third-order valence-corrected chi connectivity index (χ3v) is 16.3. The van der Waals surface area contributed by atoms with Crippen LogP contribution in [0.4, 0.5) is 0 Å². The van der Waals surface area contributed by atoms with Crippen LogP contribution in [0, 0.1) is 0 Å². The minimum atomic E-state index is 0.551. The van der Waals surface area contributed by atoms with Crippen LogP contribution in [0.3, 0.4) is 0 Å². The zero-order chi connectivity index (χ0) is 52.4. The van der Waals surface area contributed by atoms with E-state index in [-0.39, 0.29) is 0 Å². The summed E-state index contributed by atoms with van der Waals surface area (Å²) >= 11 is 0. The van der Waals surface area contributed by atoms with Crippen molar-refractivity contribution in [3.05, 3.63) is 267 Å². The smallest absolute Gasteiger partial charge is 0.164 e. The summed E-state index contributed by atoms with van der Waals surface area (Å²) in [5.41, 5.74) is 16.0. The molecule has 12 aromatic carbocycles. The van der Waals surface area contributed by atoms with E-state index in [1.54, 1.807) is 0 Å².